The van der Waals surface area contributed by atoms with Gasteiger partial charge in [-0.05, 0) is 18.2 Å². The minimum absolute atomic E-state index is 0.125. The van der Waals surface area contributed by atoms with Gasteiger partial charge in [0.25, 0.3) is 5.91 Å². The van der Waals surface area contributed by atoms with Gasteiger partial charge in [0.05, 0.1) is 17.4 Å². The van der Waals surface area contributed by atoms with Crippen LogP contribution in [0.5, 0.6) is 0 Å². The number of amides is 1. The number of nitrogen functional groups attached to an aromatic ring is 1. The molecule has 0 atom stereocenters. The molecule has 0 unspecified atom stereocenters. The quantitative estimate of drug-likeness (QED) is 0.584. The van der Waals surface area contributed by atoms with E-state index in [0.29, 0.717) is 0 Å². The van der Waals surface area contributed by atoms with Crippen LogP contribution in [0, 0.1) is 11.6 Å². The Morgan fingerprint density at radius 2 is 1.89 bits per heavy atom. The monoisotopic (exact) mass is 264 g/mol. The zero-order chi connectivity index (χ0) is 13.8. The van der Waals surface area contributed by atoms with Gasteiger partial charge in [0.2, 0.25) is 0 Å². The van der Waals surface area contributed by atoms with E-state index >= 15 is 0 Å². The Balaban J connectivity index is 2.31. The highest BCUT2D eigenvalue weighted by molar-refractivity contribution is 6.07. The largest absolute Gasteiger partial charge is 0.322 e. The Hall–Kier alpha value is -2.54. The Kier molecular flexibility index (Phi) is 3.67. The number of carbonyl (C=O) groups is 1. The number of aromatic nitrogens is 1. The summed E-state index contributed by atoms with van der Waals surface area (Å²) in [6.07, 6.45) is 2.69. The van der Waals surface area contributed by atoms with Crippen LogP contribution in [0.1, 0.15) is 10.4 Å². The number of hydrazine groups is 1. The van der Waals surface area contributed by atoms with Crippen LogP contribution in [0.15, 0.2) is 36.7 Å². The molecule has 98 valence electrons. The summed E-state index contributed by atoms with van der Waals surface area (Å²) in [4.78, 5) is 15.7. The number of benzene rings is 1. The Morgan fingerprint density at radius 1 is 1.21 bits per heavy atom. The van der Waals surface area contributed by atoms with Crippen LogP contribution in [-0.2, 0) is 0 Å². The molecule has 0 fully saturated rings. The second-order valence-corrected chi connectivity index (χ2v) is 3.62. The van der Waals surface area contributed by atoms with Gasteiger partial charge in [-0.3, -0.25) is 15.6 Å². The first-order chi connectivity index (χ1) is 9.13. The average molecular weight is 264 g/mol. The van der Waals surface area contributed by atoms with Gasteiger partial charge in [-0.15, -0.1) is 0 Å². The van der Waals surface area contributed by atoms with E-state index in [9.17, 15) is 13.6 Å². The molecule has 19 heavy (non-hydrogen) atoms. The SMILES string of the molecule is NNc1cnccc1C(=O)Nc1c(F)cccc1F. The molecular weight excluding hydrogens is 254 g/mol. The normalized spacial score (nSPS) is 10.1. The maximum atomic E-state index is 13.4. The number of halogens is 2. The fourth-order valence-electron chi connectivity index (χ4n) is 1.51. The molecule has 0 aliphatic carbocycles. The molecule has 1 heterocycles. The van der Waals surface area contributed by atoms with E-state index in [1.54, 1.807) is 0 Å². The van der Waals surface area contributed by atoms with Crippen LogP contribution >= 0.6 is 0 Å². The molecule has 0 bridgehead atoms. The lowest BCUT2D eigenvalue weighted by Crippen LogP contribution is -2.18. The van der Waals surface area contributed by atoms with Crippen molar-refractivity contribution in [1.82, 2.24) is 4.98 Å². The van der Waals surface area contributed by atoms with Crippen molar-refractivity contribution < 1.29 is 13.6 Å². The van der Waals surface area contributed by atoms with Crippen LogP contribution < -0.4 is 16.6 Å². The summed E-state index contributed by atoms with van der Waals surface area (Å²) in [6, 6.07) is 4.68. The first-order valence-electron chi connectivity index (χ1n) is 5.29. The van der Waals surface area contributed by atoms with Crippen LogP contribution in [0.3, 0.4) is 0 Å². The van der Waals surface area contributed by atoms with Gasteiger partial charge >= 0.3 is 0 Å². The number of hydrogen-bond donors (Lipinski definition) is 3. The number of pyridine rings is 1. The summed E-state index contributed by atoms with van der Waals surface area (Å²) in [5.41, 5.74) is 2.15. The Bertz CT molecular complexity index is 598. The highest BCUT2D eigenvalue weighted by atomic mass is 19.1. The van der Waals surface area contributed by atoms with E-state index in [-0.39, 0.29) is 11.3 Å². The minimum atomic E-state index is -0.857. The lowest BCUT2D eigenvalue weighted by Gasteiger charge is -2.10. The first-order valence-corrected chi connectivity index (χ1v) is 5.29. The molecule has 0 saturated carbocycles. The molecule has 2 rings (SSSR count). The number of para-hydroxylation sites is 1. The van der Waals surface area contributed by atoms with Crippen molar-refractivity contribution in [2.24, 2.45) is 5.84 Å². The highest BCUT2D eigenvalue weighted by Crippen LogP contribution is 2.20. The Labute approximate surface area is 107 Å². The molecule has 1 amide bonds. The molecule has 4 N–H and O–H groups in total. The summed E-state index contributed by atoms with van der Waals surface area (Å²) in [5, 5.41) is 2.16. The third kappa shape index (κ3) is 2.66. The van der Waals surface area contributed by atoms with Gasteiger partial charge in [-0.25, -0.2) is 8.78 Å². The summed E-state index contributed by atoms with van der Waals surface area (Å²) in [5.74, 6) is 2.81. The number of nitrogens with two attached hydrogens (primary N) is 1. The van der Waals surface area contributed by atoms with E-state index in [1.165, 1.54) is 24.5 Å². The van der Waals surface area contributed by atoms with Crippen LogP contribution in [0.4, 0.5) is 20.2 Å². The summed E-state index contributed by atoms with van der Waals surface area (Å²) < 4.78 is 26.8. The highest BCUT2D eigenvalue weighted by Gasteiger charge is 2.15. The molecule has 0 radical (unpaired) electrons. The fraction of sp³-hybridized carbons (Fsp3) is 0. The second-order valence-electron chi connectivity index (χ2n) is 3.62. The molecule has 0 aliphatic heterocycles. The van der Waals surface area contributed by atoms with E-state index in [2.05, 4.69) is 15.7 Å². The predicted molar refractivity (Wildman–Crippen MR) is 66.4 cm³/mol. The summed E-state index contributed by atoms with van der Waals surface area (Å²) in [6.45, 7) is 0. The molecule has 7 heteroatoms. The topological polar surface area (TPSA) is 80.0 Å². The second kappa shape index (κ2) is 5.40. The van der Waals surface area contributed by atoms with Gasteiger partial charge < -0.3 is 10.7 Å². The van der Waals surface area contributed by atoms with Crippen molar-refractivity contribution >= 4 is 17.3 Å². The zero-order valence-electron chi connectivity index (χ0n) is 9.65. The maximum Gasteiger partial charge on any atom is 0.258 e. The van der Waals surface area contributed by atoms with Gasteiger partial charge in [0.15, 0.2) is 0 Å². The third-order valence-corrected chi connectivity index (χ3v) is 2.42. The number of rotatable bonds is 3. The molecule has 0 aliphatic rings. The van der Waals surface area contributed by atoms with E-state index in [1.807, 2.05) is 0 Å². The lowest BCUT2D eigenvalue weighted by molar-refractivity contribution is 0.102. The van der Waals surface area contributed by atoms with E-state index in [0.717, 1.165) is 12.1 Å². The standard InChI is InChI=1S/C12H10F2N4O/c13-8-2-1-3-9(14)11(8)17-12(19)7-4-5-16-6-10(7)18-15/h1-6,18H,15H2,(H,17,19). The molecule has 0 saturated heterocycles. The Morgan fingerprint density at radius 3 is 2.53 bits per heavy atom. The van der Waals surface area contributed by atoms with Crippen molar-refractivity contribution in [2.45, 2.75) is 0 Å². The number of nitrogens with zero attached hydrogens (tertiary/aromatic N) is 1. The van der Waals surface area contributed by atoms with Gasteiger partial charge in [-0.2, -0.15) is 0 Å². The minimum Gasteiger partial charge on any atom is -0.322 e. The lowest BCUT2D eigenvalue weighted by atomic mass is 10.2. The molecule has 2 aromatic rings. The van der Waals surface area contributed by atoms with Crippen LogP contribution in [0.2, 0.25) is 0 Å². The van der Waals surface area contributed by atoms with Crippen molar-refractivity contribution in [3.8, 4) is 0 Å². The fourth-order valence-corrected chi connectivity index (χ4v) is 1.51. The van der Waals surface area contributed by atoms with Crippen molar-refractivity contribution in [3.63, 3.8) is 0 Å². The first kappa shape index (κ1) is 12.9. The number of hydrogen-bond acceptors (Lipinski definition) is 4. The number of carbonyl (C=O) groups excluding carboxylic acids is 1. The summed E-state index contributed by atoms with van der Waals surface area (Å²) >= 11 is 0. The van der Waals surface area contributed by atoms with Crippen molar-refractivity contribution in [2.75, 3.05) is 10.7 Å². The zero-order valence-corrected chi connectivity index (χ0v) is 9.65. The molecular formula is C12H10F2N4O. The molecule has 1 aromatic heterocycles. The van der Waals surface area contributed by atoms with Crippen LogP contribution in [-0.4, -0.2) is 10.9 Å². The molecule has 1 aromatic carbocycles. The predicted octanol–water partition coefficient (Wildman–Crippen LogP) is 1.90. The van der Waals surface area contributed by atoms with Gasteiger partial charge in [0.1, 0.15) is 17.3 Å². The maximum absolute atomic E-state index is 13.4. The molecule has 5 nitrogen and oxygen atoms in total. The van der Waals surface area contributed by atoms with Crippen molar-refractivity contribution in [1.29, 1.82) is 0 Å². The van der Waals surface area contributed by atoms with E-state index in [4.69, 9.17) is 5.84 Å². The van der Waals surface area contributed by atoms with E-state index < -0.39 is 23.2 Å². The van der Waals surface area contributed by atoms with Gasteiger partial charge in [-0.1, -0.05) is 6.07 Å². The third-order valence-electron chi connectivity index (χ3n) is 2.42. The average Bonchev–Trinajstić information content (AvgIpc) is 2.42. The number of anilines is 2. The van der Waals surface area contributed by atoms with Crippen molar-refractivity contribution in [3.05, 3.63) is 53.9 Å². The summed E-state index contributed by atoms with van der Waals surface area (Å²) in [7, 11) is 0. The van der Waals surface area contributed by atoms with Gasteiger partial charge in [0, 0.05) is 6.20 Å². The van der Waals surface area contributed by atoms with Crippen LogP contribution in [0.25, 0.3) is 0 Å². The number of nitrogens with one attached hydrogen (secondary N) is 2. The smallest absolute Gasteiger partial charge is 0.258 e. The molecule has 0 spiro atoms.